The molecule has 0 fully saturated rings. The van der Waals surface area contributed by atoms with Crippen LogP contribution in [0.25, 0.3) is 10.9 Å². The lowest BCUT2D eigenvalue weighted by molar-refractivity contribution is 0.594. The van der Waals surface area contributed by atoms with E-state index in [-0.39, 0.29) is 0 Å². The van der Waals surface area contributed by atoms with Crippen molar-refractivity contribution in [3.63, 3.8) is 0 Å². The zero-order chi connectivity index (χ0) is 12.4. The highest BCUT2D eigenvalue weighted by molar-refractivity contribution is 5.85. The first-order chi connectivity index (χ1) is 8.11. The van der Waals surface area contributed by atoms with Gasteiger partial charge in [0.15, 0.2) is 0 Å². The molecule has 0 saturated carbocycles. The summed E-state index contributed by atoms with van der Waals surface area (Å²) in [5.41, 5.74) is 10.8. The molecule has 1 unspecified atom stereocenters. The lowest BCUT2D eigenvalue weighted by Crippen LogP contribution is -2.13. The summed E-state index contributed by atoms with van der Waals surface area (Å²) in [4.78, 5) is 4.53. The number of rotatable bonds is 3. The highest BCUT2D eigenvalue weighted by Crippen LogP contribution is 2.23. The van der Waals surface area contributed by atoms with Gasteiger partial charge in [0.05, 0.1) is 5.52 Å². The summed E-state index contributed by atoms with van der Waals surface area (Å²) in [5, 5.41) is 1.27. The van der Waals surface area contributed by atoms with E-state index in [4.69, 9.17) is 5.73 Å². The smallest absolute Gasteiger partial charge is 0.0736 e. The predicted octanol–water partition coefficient (Wildman–Crippen LogP) is 2.99. The van der Waals surface area contributed by atoms with Crippen LogP contribution >= 0.6 is 0 Å². The third-order valence-electron chi connectivity index (χ3n) is 3.26. The minimum absolute atomic E-state index is 0.502. The quantitative estimate of drug-likeness (QED) is 0.877. The third kappa shape index (κ3) is 2.47. The summed E-state index contributed by atoms with van der Waals surface area (Å²) in [7, 11) is 0. The lowest BCUT2D eigenvalue weighted by atomic mass is 9.95. The SMILES string of the molecule is Cc1cc(CC(C)CN)c2nccc(C)c2c1. The predicted molar refractivity (Wildman–Crippen MR) is 73.1 cm³/mol. The first kappa shape index (κ1) is 12.1. The van der Waals surface area contributed by atoms with E-state index in [2.05, 4.69) is 44.0 Å². The van der Waals surface area contributed by atoms with Gasteiger partial charge in [0.25, 0.3) is 0 Å². The van der Waals surface area contributed by atoms with Crippen molar-refractivity contribution in [3.8, 4) is 0 Å². The van der Waals surface area contributed by atoms with Gasteiger partial charge >= 0.3 is 0 Å². The first-order valence-corrected chi connectivity index (χ1v) is 6.16. The fourth-order valence-electron chi connectivity index (χ4n) is 2.23. The van der Waals surface area contributed by atoms with E-state index >= 15 is 0 Å². The van der Waals surface area contributed by atoms with Crippen LogP contribution < -0.4 is 5.73 Å². The van der Waals surface area contributed by atoms with Gasteiger partial charge in [0, 0.05) is 11.6 Å². The second-order valence-corrected chi connectivity index (χ2v) is 4.99. The van der Waals surface area contributed by atoms with Gasteiger partial charge in [-0.2, -0.15) is 0 Å². The molecule has 2 aromatic rings. The molecule has 0 radical (unpaired) electrons. The topological polar surface area (TPSA) is 38.9 Å². The van der Waals surface area contributed by atoms with Crippen LogP contribution in [0.15, 0.2) is 24.4 Å². The summed E-state index contributed by atoms with van der Waals surface area (Å²) < 4.78 is 0. The Morgan fingerprint density at radius 3 is 2.76 bits per heavy atom. The minimum Gasteiger partial charge on any atom is -0.330 e. The Balaban J connectivity index is 2.58. The van der Waals surface area contributed by atoms with Crippen LogP contribution in [0.5, 0.6) is 0 Å². The van der Waals surface area contributed by atoms with Crippen molar-refractivity contribution in [1.82, 2.24) is 4.98 Å². The summed E-state index contributed by atoms with van der Waals surface area (Å²) in [6.45, 7) is 7.19. The number of aromatic nitrogens is 1. The largest absolute Gasteiger partial charge is 0.330 e. The molecule has 1 atom stereocenters. The molecule has 1 aromatic carbocycles. The second-order valence-electron chi connectivity index (χ2n) is 4.99. The van der Waals surface area contributed by atoms with Crippen LogP contribution in [0.2, 0.25) is 0 Å². The molecule has 0 aliphatic rings. The summed E-state index contributed by atoms with van der Waals surface area (Å²) >= 11 is 0. The zero-order valence-electron chi connectivity index (χ0n) is 10.8. The molecule has 0 spiro atoms. The molecule has 17 heavy (non-hydrogen) atoms. The normalized spacial score (nSPS) is 12.9. The molecule has 1 heterocycles. The Morgan fingerprint density at radius 1 is 1.29 bits per heavy atom. The standard InChI is InChI=1S/C15H20N2/c1-10-6-13(7-11(2)9-16)15-14(8-10)12(3)4-5-17-15/h4-6,8,11H,7,9,16H2,1-3H3. The van der Waals surface area contributed by atoms with Gasteiger partial charge in [0.2, 0.25) is 0 Å². The van der Waals surface area contributed by atoms with Gasteiger partial charge in [-0.05, 0) is 56.0 Å². The van der Waals surface area contributed by atoms with Crippen LogP contribution in [-0.2, 0) is 6.42 Å². The molecule has 0 saturated heterocycles. The van der Waals surface area contributed by atoms with Crippen molar-refractivity contribution in [1.29, 1.82) is 0 Å². The van der Waals surface area contributed by atoms with Gasteiger partial charge in [-0.25, -0.2) is 0 Å². The molecule has 0 amide bonds. The number of nitrogens with two attached hydrogens (primary N) is 1. The molecule has 0 aliphatic heterocycles. The average Bonchev–Trinajstić information content (AvgIpc) is 2.30. The van der Waals surface area contributed by atoms with Gasteiger partial charge in [-0.15, -0.1) is 0 Å². The van der Waals surface area contributed by atoms with E-state index in [1.807, 2.05) is 6.20 Å². The van der Waals surface area contributed by atoms with Crippen molar-refractivity contribution >= 4 is 10.9 Å². The highest BCUT2D eigenvalue weighted by atomic mass is 14.7. The molecule has 2 nitrogen and oxygen atoms in total. The molecule has 90 valence electrons. The number of hydrogen-bond donors (Lipinski definition) is 1. The summed E-state index contributed by atoms with van der Waals surface area (Å²) in [5.74, 6) is 0.502. The third-order valence-corrected chi connectivity index (χ3v) is 3.26. The van der Waals surface area contributed by atoms with E-state index in [0.717, 1.165) is 18.5 Å². The van der Waals surface area contributed by atoms with Gasteiger partial charge < -0.3 is 5.73 Å². The zero-order valence-corrected chi connectivity index (χ0v) is 10.8. The molecule has 2 rings (SSSR count). The Hall–Kier alpha value is -1.41. The van der Waals surface area contributed by atoms with E-state index < -0.39 is 0 Å². The number of hydrogen-bond acceptors (Lipinski definition) is 2. The van der Waals surface area contributed by atoms with Crippen molar-refractivity contribution in [3.05, 3.63) is 41.1 Å². The maximum atomic E-state index is 5.71. The van der Waals surface area contributed by atoms with E-state index in [1.54, 1.807) is 0 Å². The monoisotopic (exact) mass is 228 g/mol. The molecule has 0 aliphatic carbocycles. The fourth-order valence-corrected chi connectivity index (χ4v) is 2.23. The Morgan fingerprint density at radius 2 is 2.06 bits per heavy atom. The maximum Gasteiger partial charge on any atom is 0.0736 e. The molecular formula is C15H20N2. The summed E-state index contributed by atoms with van der Waals surface area (Å²) in [6.07, 6.45) is 2.90. The number of benzene rings is 1. The van der Waals surface area contributed by atoms with Crippen LogP contribution in [0.1, 0.15) is 23.6 Å². The molecule has 1 aromatic heterocycles. The van der Waals surface area contributed by atoms with Crippen LogP contribution in [0.3, 0.4) is 0 Å². The highest BCUT2D eigenvalue weighted by Gasteiger charge is 2.08. The molecule has 2 heteroatoms. The number of fused-ring (bicyclic) bond motifs is 1. The van der Waals surface area contributed by atoms with E-state index in [0.29, 0.717) is 5.92 Å². The van der Waals surface area contributed by atoms with Crippen molar-refractivity contribution in [2.75, 3.05) is 6.54 Å². The molecule has 2 N–H and O–H groups in total. The molecular weight excluding hydrogens is 208 g/mol. The Bertz CT molecular complexity index is 532. The number of nitrogens with zero attached hydrogens (tertiary/aromatic N) is 1. The average molecular weight is 228 g/mol. The van der Waals surface area contributed by atoms with Crippen molar-refractivity contribution < 1.29 is 0 Å². The number of aryl methyl sites for hydroxylation is 2. The van der Waals surface area contributed by atoms with Crippen molar-refractivity contribution in [2.45, 2.75) is 27.2 Å². The first-order valence-electron chi connectivity index (χ1n) is 6.16. The van der Waals surface area contributed by atoms with Crippen LogP contribution in [0, 0.1) is 19.8 Å². The van der Waals surface area contributed by atoms with Gasteiger partial charge in [0.1, 0.15) is 0 Å². The Kier molecular flexibility index (Phi) is 3.43. The number of pyridine rings is 1. The van der Waals surface area contributed by atoms with Crippen molar-refractivity contribution in [2.24, 2.45) is 11.7 Å². The van der Waals surface area contributed by atoms with E-state index in [9.17, 15) is 0 Å². The second kappa shape index (κ2) is 4.84. The van der Waals surface area contributed by atoms with Gasteiger partial charge in [-0.1, -0.05) is 18.6 Å². The van der Waals surface area contributed by atoms with Crippen LogP contribution in [0.4, 0.5) is 0 Å². The fraction of sp³-hybridized carbons (Fsp3) is 0.400. The Labute approximate surface area is 103 Å². The molecule has 0 bridgehead atoms. The maximum absolute atomic E-state index is 5.71. The van der Waals surface area contributed by atoms with Gasteiger partial charge in [-0.3, -0.25) is 4.98 Å². The summed E-state index contributed by atoms with van der Waals surface area (Å²) in [6, 6.07) is 6.52. The van der Waals surface area contributed by atoms with E-state index in [1.165, 1.54) is 22.1 Å². The van der Waals surface area contributed by atoms with Crippen LogP contribution in [-0.4, -0.2) is 11.5 Å². The lowest BCUT2D eigenvalue weighted by Gasteiger charge is -2.12. The minimum atomic E-state index is 0.502.